The van der Waals surface area contributed by atoms with Crippen LogP contribution in [0.3, 0.4) is 0 Å². The van der Waals surface area contributed by atoms with E-state index >= 15 is 0 Å². The molecule has 12 heteroatoms. The van der Waals surface area contributed by atoms with Crippen molar-refractivity contribution < 1.29 is 22.8 Å². The molecule has 1 unspecified atom stereocenters. The third kappa shape index (κ3) is 10.4. The summed E-state index contributed by atoms with van der Waals surface area (Å²) in [6, 6.07) is 13.9. The summed E-state index contributed by atoms with van der Waals surface area (Å²) in [6.45, 7) is 6.04. The van der Waals surface area contributed by atoms with Gasteiger partial charge < -0.3 is 16.0 Å². The number of carbonyl (C=O) groups is 3. The molecule has 0 bridgehead atoms. The molecule has 40 heavy (non-hydrogen) atoms. The maximum atomic E-state index is 12.9. The zero-order valence-corrected chi connectivity index (χ0v) is 24.6. The van der Waals surface area contributed by atoms with E-state index in [2.05, 4.69) is 34.8 Å². The van der Waals surface area contributed by atoms with Crippen LogP contribution in [0.2, 0.25) is 0 Å². The molecule has 4 N–H and O–H groups in total. The normalized spacial score (nSPS) is 12.0. The van der Waals surface area contributed by atoms with Crippen LogP contribution in [0.1, 0.15) is 53.7 Å². The van der Waals surface area contributed by atoms with Crippen molar-refractivity contribution in [1.29, 1.82) is 0 Å². The number of rotatable bonds is 12. The van der Waals surface area contributed by atoms with E-state index in [1.807, 2.05) is 35.9 Å². The van der Waals surface area contributed by atoms with Crippen LogP contribution in [0.15, 0.2) is 54.7 Å². The fraction of sp³-hybridized carbons (Fsp3) is 0.357. The summed E-state index contributed by atoms with van der Waals surface area (Å²) >= 11 is 1.40. The summed E-state index contributed by atoms with van der Waals surface area (Å²) in [5, 5.41) is 9.42. The molecule has 4 amide bonds. The van der Waals surface area contributed by atoms with Crippen molar-refractivity contribution in [2.75, 3.05) is 16.9 Å². The highest BCUT2D eigenvalue weighted by Crippen LogP contribution is 2.27. The van der Waals surface area contributed by atoms with Crippen LogP contribution in [0.25, 0.3) is 0 Å². The van der Waals surface area contributed by atoms with Crippen molar-refractivity contribution in [2.45, 2.75) is 52.5 Å². The zero-order valence-electron chi connectivity index (χ0n) is 23.0. The van der Waals surface area contributed by atoms with Crippen LogP contribution < -0.4 is 20.7 Å². The van der Waals surface area contributed by atoms with Gasteiger partial charge in [-0.2, -0.15) is 0 Å². The van der Waals surface area contributed by atoms with Crippen LogP contribution in [-0.2, 0) is 32.5 Å². The Bertz CT molecular complexity index is 1440. The van der Waals surface area contributed by atoms with Gasteiger partial charge in [-0.1, -0.05) is 44.2 Å². The predicted molar refractivity (Wildman–Crippen MR) is 158 cm³/mol. The Kier molecular flexibility index (Phi) is 10.8. The van der Waals surface area contributed by atoms with Crippen molar-refractivity contribution in [1.82, 2.24) is 15.0 Å². The first kappa shape index (κ1) is 30.8. The molecule has 0 radical (unpaired) electrons. The molecule has 0 aliphatic heterocycles. The first-order valence-corrected chi connectivity index (χ1v) is 15.6. The van der Waals surface area contributed by atoms with Crippen molar-refractivity contribution in [2.24, 2.45) is 5.92 Å². The summed E-state index contributed by atoms with van der Waals surface area (Å²) in [6.07, 6.45) is 3.82. The molecule has 3 rings (SSSR count). The number of sulfonamides is 1. The summed E-state index contributed by atoms with van der Waals surface area (Å²) in [5.41, 5.74) is 3.09. The first-order valence-electron chi connectivity index (χ1n) is 12.8. The lowest BCUT2D eigenvalue weighted by Gasteiger charge is -2.18. The van der Waals surface area contributed by atoms with Crippen LogP contribution in [-0.4, -0.2) is 37.5 Å². The van der Waals surface area contributed by atoms with Gasteiger partial charge >= 0.3 is 6.03 Å². The third-order valence-corrected chi connectivity index (χ3v) is 7.55. The minimum absolute atomic E-state index is 0.0221. The molecule has 1 heterocycles. The van der Waals surface area contributed by atoms with Crippen molar-refractivity contribution in [3.05, 3.63) is 75.7 Å². The standard InChI is InChI=1S/C28H35N5O5S2/c1-18(2)15-24(27-29-17-22(39-27)13-14-25(34)33-40(4,37)38)31-26(35)16-20-9-11-21(12-10-20)30-28(36)32-23-8-6-5-7-19(23)3/h5-12,17-18,24H,13-16H2,1-4H3,(H,31,35)(H,33,34)(H2,30,32,36). The van der Waals surface area contributed by atoms with Crippen LogP contribution >= 0.6 is 11.3 Å². The minimum atomic E-state index is -3.59. The van der Waals surface area contributed by atoms with Crippen molar-refractivity contribution in [3.63, 3.8) is 0 Å². The molecule has 1 atom stereocenters. The van der Waals surface area contributed by atoms with Crippen molar-refractivity contribution >= 4 is 50.6 Å². The summed E-state index contributed by atoms with van der Waals surface area (Å²) in [4.78, 5) is 42.3. The fourth-order valence-corrected chi connectivity index (χ4v) is 5.42. The molecule has 0 saturated carbocycles. The Labute approximate surface area is 239 Å². The molecule has 0 saturated heterocycles. The molecule has 2 aromatic carbocycles. The minimum Gasteiger partial charge on any atom is -0.347 e. The van der Waals surface area contributed by atoms with E-state index in [1.165, 1.54) is 11.3 Å². The number of carbonyl (C=O) groups excluding carboxylic acids is 3. The summed E-state index contributed by atoms with van der Waals surface area (Å²) in [7, 11) is -3.59. The number of aryl methyl sites for hydroxylation is 2. The molecule has 0 spiro atoms. The maximum absolute atomic E-state index is 12.9. The number of urea groups is 1. The molecule has 3 aromatic rings. The highest BCUT2D eigenvalue weighted by atomic mass is 32.2. The lowest BCUT2D eigenvalue weighted by atomic mass is 10.0. The van der Waals surface area contributed by atoms with E-state index in [0.717, 1.165) is 33.0 Å². The zero-order chi connectivity index (χ0) is 29.3. The second kappa shape index (κ2) is 14.0. The second-order valence-corrected chi connectivity index (χ2v) is 12.9. The number of nitrogens with one attached hydrogen (secondary N) is 4. The first-order chi connectivity index (χ1) is 18.9. The van der Waals surface area contributed by atoms with Gasteiger partial charge in [-0.05, 0) is 55.0 Å². The largest absolute Gasteiger partial charge is 0.347 e. The summed E-state index contributed by atoms with van der Waals surface area (Å²) in [5.74, 6) is -0.431. The molecule has 214 valence electrons. The van der Waals surface area contributed by atoms with Gasteiger partial charge in [0.1, 0.15) is 5.01 Å². The van der Waals surface area contributed by atoms with Gasteiger partial charge in [-0.25, -0.2) is 18.2 Å². The molecule has 0 aliphatic rings. The van der Waals surface area contributed by atoms with Gasteiger partial charge in [0.15, 0.2) is 0 Å². The van der Waals surface area contributed by atoms with E-state index in [9.17, 15) is 22.8 Å². The number of hydrogen-bond donors (Lipinski definition) is 4. The molecule has 1 aromatic heterocycles. The number of benzene rings is 2. The monoisotopic (exact) mass is 585 g/mol. The fourth-order valence-electron chi connectivity index (χ4n) is 3.92. The predicted octanol–water partition coefficient (Wildman–Crippen LogP) is 4.55. The number of anilines is 2. The van der Waals surface area contributed by atoms with E-state index in [4.69, 9.17) is 0 Å². The highest BCUT2D eigenvalue weighted by Gasteiger charge is 2.20. The summed E-state index contributed by atoms with van der Waals surface area (Å²) < 4.78 is 24.4. The highest BCUT2D eigenvalue weighted by molar-refractivity contribution is 7.89. The number of para-hydroxylation sites is 1. The molecule has 10 nitrogen and oxygen atoms in total. The Morgan fingerprint density at radius 1 is 0.975 bits per heavy atom. The Morgan fingerprint density at radius 3 is 2.33 bits per heavy atom. The third-order valence-electron chi connectivity index (χ3n) is 5.78. The van der Waals surface area contributed by atoms with E-state index in [1.54, 1.807) is 30.5 Å². The van der Waals surface area contributed by atoms with Crippen LogP contribution in [0.4, 0.5) is 16.2 Å². The van der Waals surface area contributed by atoms with Crippen LogP contribution in [0, 0.1) is 12.8 Å². The lowest BCUT2D eigenvalue weighted by Crippen LogP contribution is -2.30. The van der Waals surface area contributed by atoms with E-state index < -0.39 is 15.9 Å². The van der Waals surface area contributed by atoms with Gasteiger partial charge in [0.25, 0.3) is 0 Å². The van der Waals surface area contributed by atoms with E-state index in [-0.39, 0.29) is 30.8 Å². The molecule has 0 fully saturated rings. The van der Waals surface area contributed by atoms with Crippen LogP contribution in [0.5, 0.6) is 0 Å². The lowest BCUT2D eigenvalue weighted by molar-refractivity contribution is -0.121. The quantitative estimate of drug-likeness (QED) is 0.245. The SMILES string of the molecule is Cc1ccccc1NC(=O)Nc1ccc(CC(=O)NC(CC(C)C)c2ncc(CCC(=O)NS(C)(=O)=O)s2)cc1. The Hall–Kier alpha value is -3.77. The average Bonchev–Trinajstić information content (AvgIpc) is 3.33. The number of hydrogen-bond acceptors (Lipinski definition) is 7. The Morgan fingerprint density at radius 2 is 1.68 bits per heavy atom. The molecular formula is C28H35N5O5S2. The number of aromatic nitrogens is 1. The molecule has 0 aliphatic carbocycles. The Balaban J connectivity index is 1.55. The van der Waals surface area contributed by atoms with E-state index in [0.29, 0.717) is 24.4 Å². The number of nitrogens with zero attached hydrogens (tertiary/aromatic N) is 1. The maximum Gasteiger partial charge on any atom is 0.323 e. The smallest absolute Gasteiger partial charge is 0.323 e. The van der Waals surface area contributed by atoms with Gasteiger partial charge in [0, 0.05) is 28.9 Å². The molecular weight excluding hydrogens is 550 g/mol. The van der Waals surface area contributed by atoms with Crippen molar-refractivity contribution in [3.8, 4) is 0 Å². The van der Waals surface area contributed by atoms with Gasteiger partial charge in [-0.15, -0.1) is 11.3 Å². The van der Waals surface area contributed by atoms with Gasteiger partial charge in [0.2, 0.25) is 21.8 Å². The topological polar surface area (TPSA) is 146 Å². The number of amides is 4. The average molecular weight is 586 g/mol. The van der Waals surface area contributed by atoms with Gasteiger partial charge in [-0.3, -0.25) is 14.3 Å². The number of thiazole rings is 1. The second-order valence-electron chi connectivity index (χ2n) is 9.98. The van der Waals surface area contributed by atoms with Gasteiger partial charge in [0.05, 0.1) is 18.7 Å².